The maximum Gasteiger partial charge on any atom is 0.115 e. The SMILES string of the molecule is c1cc(CNCc2cncn2C2CC2)ncn1. The maximum atomic E-state index is 4.21. The van der Waals surface area contributed by atoms with E-state index in [1.165, 1.54) is 18.5 Å². The fourth-order valence-electron chi connectivity index (χ4n) is 1.89. The average molecular weight is 229 g/mol. The van der Waals surface area contributed by atoms with Gasteiger partial charge >= 0.3 is 0 Å². The van der Waals surface area contributed by atoms with E-state index in [0.717, 1.165) is 18.8 Å². The van der Waals surface area contributed by atoms with E-state index in [0.29, 0.717) is 6.04 Å². The molecule has 0 unspecified atom stereocenters. The van der Waals surface area contributed by atoms with Gasteiger partial charge in [0.2, 0.25) is 0 Å². The number of hydrogen-bond acceptors (Lipinski definition) is 4. The van der Waals surface area contributed by atoms with Crippen LogP contribution in [0.3, 0.4) is 0 Å². The molecule has 1 aliphatic rings. The Morgan fingerprint density at radius 2 is 2.24 bits per heavy atom. The highest BCUT2D eigenvalue weighted by atomic mass is 15.1. The van der Waals surface area contributed by atoms with E-state index in [9.17, 15) is 0 Å². The van der Waals surface area contributed by atoms with Crippen LogP contribution in [0.15, 0.2) is 31.1 Å². The number of hydrogen-bond donors (Lipinski definition) is 1. The second-order valence-electron chi connectivity index (χ2n) is 4.33. The summed E-state index contributed by atoms with van der Waals surface area (Å²) in [6.45, 7) is 1.60. The minimum atomic E-state index is 0.688. The molecule has 0 spiro atoms. The Kier molecular flexibility index (Phi) is 2.83. The second-order valence-corrected chi connectivity index (χ2v) is 4.33. The van der Waals surface area contributed by atoms with Crippen molar-refractivity contribution in [3.05, 3.63) is 42.5 Å². The summed E-state index contributed by atoms with van der Waals surface area (Å²) in [6.07, 6.45) is 9.78. The van der Waals surface area contributed by atoms with Crippen molar-refractivity contribution in [3.63, 3.8) is 0 Å². The largest absolute Gasteiger partial charge is 0.330 e. The van der Waals surface area contributed by atoms with Crippen molar-refractivity contribution in [3.8, 4) is 0 Å². The number of nitrogens with one attached hydrogen (secondary N) is 1. The molecule has 0 aromatic carbocycles. The first kappa shape index (κ1) is 10.4. The smallest absolute Gasteiger partial charge is 0.115 e. The Morgan fingerprint density at radius 1 is 1.29 bits per heavy atom. The highest BCUT2D eigenvalue weighted by Gasteiger charge is 2.24. The van der Waals surface area contributed by atoms with Crippen molar-refractivity contribution in [1.29, 1.82) is 0 Å². The molecule has 1 N–H and O–H groups in total. The monoisotopic (exact) mass is 229 g/mol. The van der Waals surface area contributed by atoms with Crippen LogP contribution >= 0.6 is 0 Å². The molecule has 2 heterocycles. The highest BCUT2D eigenvalue weighted by Crippen LogP contribution is 2.35. The van der Waals surface area contributed by atoms with E-state index >= 15 is 0 Å². The summed E-state index contributed by atoms with van der Waals surface area (Å²) in [6, 6.07) is 2.61. The third-order valence-corrected chi connectivity index (χ3v) is 2.94. The van der Waals surface area contributed by atoms with Crippen LogP contribution in [-0.2, 0) is 13.1 Å². The third kappa shape index (κ3) is 2.50. The fourth-order valence-corrected chi connectivity index (χ4v) is 1.89. The zero-order valence-corrected chi connectivity index (χ0v) is 9.58. The Balaban J connectivity index is 1.55. The molecule has 1 aliphatic carbocycles. The molecule has 2 aromatic rings. The molecule has 5 heteroatoms. The quantitative estimate of drug-likeness (QED) is 0.839. The minimum absolute atomic E-state index is 0.688. The maximum absolute atomic E-state index is 4.21. The highest BCUT2D eigenvalue weighted by molar-refractivity contribution is 5.04. The number of nitrogens with zero attached hydrogens (tertiary/aromatic N) is 4. The molecule has 2 aromatic heterocycles. The van der Waals surface area contributed by atoms with Crippen LogP contribution in [0, 0.1) is 0 Å². The summed E-state index contributed by atoms with van der Waals surface area (Å²) in [5.41, 5.74) is 2.26. The van der Waals surface area contributed by atoms with Gasteiger partial charge in [-0.3, -0.25) is 0 Å². The molecule has 3 rings (SSSR count). The first-order valence-corrected chi connectivity index (χ1v) is 5.90. The molecule has 17 heavy (non-hydrogen) atoms. The lowest BCUT2D eigenvalue weighted by molar-refractivity contribution is 0.614. The number of aromatic nitrogens is 4. The normalized spacial score (nSPS) is 15.1. The number of imidazole rings is 1. The van der Waals surface area contributed by atoms with Crippen LogP contribution in [-0.4, -0.2) is 19.5 Å². The predicted octanol–water partition coefficient (Wildman–Crippen LogP) is 1.30. The van der Waals surface area contributed by atoms with Crippen molar-refractivity contribution < 1.29 is 0 Å². The van der Waals surface area contributed by atoms with Gasteiger partial charge in [-0.15, -0.1) is 0 Å². The predicted molar refractivity (Wildman–Crippen MR) is 63.1 cm³/mol. The van der Waals surface area contributed by atoms with Crippen molar-refractivity contribution in [2.75, 3.05) is 0 Å². The van der Waals surface area contributed by atoms with Gasteiger partial charge in [-0.05, 0) is 18.9 Å². The van der Waals surface area contributed by atoms with Crippen molar-refractivity contribution in [2.24, 2.45) is 0 Å². The molecule has 88 valence electrons. The van der Waals surface area contributed by atoms with E-state index in [-0.39, 0.29) is 0 Å². The molecule has 0 amide bonds. The Hall–Kier alpha value is -1.75. The Bertz CT molecular complexity index is 475. The van der Waals surface area contributed by atoms with Gasteiger partial charge in [-0.25, -0.2) is 15.0 Å². The van der Waals surface area contributed by atoms with Crippen LogP contribution in [0.5, 0.6) is 0 Å². The lowest BCUT2D eigenvalue weighted by Gasteiger charge is -2.07. The van der Waals surface area contributed by atoms with Gasteiger partial charge in [0.25, 0.3) is 0 Å². The fraction of sp³-hybridized carbons (Fsp3) is 0.417. The summed E-state index contributed by atoms with van der Waals surface area (Å²) in [5.74, 6) is 0. The number of rotatable bonds is 5. The minimum Gasteiger partial charge on any atom is -0.330 e. The molecule has 0 bridgehead atoms. The first-order chi connectivity index (χ1) is 8.43. The van der Waals surface area contributed by atoms with Gasteiger partial charge < -0.3 is 9.88 Å². The first-order valence-electron chi connectivity index (χ1n) is 5.90. The summed E-state index contributed by atoms with van der Waals surface area (Å²) in [5, 5.41) is 3.38. The van der Waals surface area contributed by atoms with Crippen LogP contribution in [0.1, 0.15) is 30.3 Å². The van der Waals surface area contributed by atoms with E-state index < -0.39 is 0 Å². The molecule has 5 nitrogen and oxygen atoms in total. The van der Waals surface area contributed by atoms with Crippen LogP contribution in [0.25, 0.3) is 0 Å². The Labute approximate surface area is 99.9 Å². The zero-order chi connectivity index (χ0) is 11.5. The van der Waals surface area contributed by atoms with E-state index in [1.54, 1.807) is 12.5 Å². The molecule has 0 saturated heterocycles. The lowest BCUT2D eigenvalue weighted by atomic mass is 10.4. The van der Waals surface area contributed by atoms with Crippen molar-refractivity contribution in [1.82, 2.24) is 24.8 Å². The van der Waals surface area contributed by atoms with Crippen molar-refractivity contribution >= 4 is 0 Å². The van der Waals surface area contributed by atoms with Crippen LogP contribution in [0.4, 0.5) is 0 Å². The summed E-state index contributed by atoms with van der Waals surface area (Å²) in [7, 11) is 0. The molecular formula is C12H15N5. The standard InChI is InChI=1S/C12H15N5/c1-2-11(1)17-9-15-7-12(17)6-14-5-10-3-4-13-8-16-10/h3-4,7-9,11,14H,1-2,5-6H2. The molecule has 0 aliphatic heterocycles. The van der Waals surface area contributed by atoms with Crippen LogP contribution in [0.2, 0.25) is 0 Å². The van der Waals surface area contributed by atoms with E-state index in [2.05, 4.69) is 24.8 Å². The van der Waals surface area contributed by atoms with Crippen LogP contribution < -0.4 is 5.32 Å². The lowest BCUT2D eigenvalue weighted by Crippen LogP contribution is -2.16. The molecule has 0 radical (unpaired) electrons. The van der Waals surface area contributed by atoms with Crippen molar-refractivity contribution in [2.45, 2.75) is 32.0 Å². The third-order valence-electron chi connectivity index (χ3n) is 2.94. The molecular weight excluding hydrogens is 214 g/mol. The van der Waals surface area contributed by atoms with Gasteiger partial charge in [0, 0.05) is 31.5 Å². The van der Waals surface area contributed by atoms with E-state index in [1.807, 2.05) is 18.6 Å². The van der Waals surface area contributed by atoms with Gasteiger partial charge in [0.15, 0.2) is 0 Å². The summed E-state index contributed by atoms with van der Waals surface area (Å²) in [4.78, 5) is 12.3. The second kappa shape index (κ2) is 4.63. The summed E-state index contributed by atoms with van der Waals surface area (Å²) >= 11 is 0. The van der Waals surface area contributed by atoms with Gasteiger partial charge in [0.05, 0.1) is 17.7 Å². The molecule has 1 fully saturated rings. The molecule has 1 saturated carbocycles. The summed E-state index contributed by atoms with van der Waals surface area (Å²) < 4.78 is 2.27. The Morgan fingerprint density at radius 3 is 3.00 bits per heavy atom. The van der Waals surface area contributed by atoms with E-state index in [4.69, 9.17) is 0 Å². The topological polar surface area (TPSA) is 55.6 Å². The van der Waals surface area contributed by atoms with Gasteiger partial charge in [0.1, 0.15) is 6.33 Å². The average Bonchev–Trinajstić information content (AvgIpc) is 3.11. The zero-order valence-electron chi connectivity index (χ0n) is 9.58. The molecule has 0 atom stereocenters. The van der Waals surface area contributed by atoms with Gasteiger partial charge in [-0.2, -0.15) is 0 Å². The van der Waals surface area contributed by atoms with Gasteiger partial charge in [-0.1, -0.05) is 0 Å².